The minimum absolute atomic E-state index is 0.174. The summed E-state index contributed by atoms with van der Waals surface area (Å²) in [5.41, 5.74) is 1.07. The zero-order valence-corrected chi connectivity index (χ0v) is 30.1. The van der Waals surface area contributed by atoms with Crippen LogP contribution in [0.4, 0.5) is 0 Å². The molecule has 3 aliphatic rings. The Morgan fingerprint density at radius 3 is 2.09 bits per heavy atom. The van der Waals surface area contributed by atoms with Crippen molar-refractivity contribution in [2.75, 3.05) is 27.4 Å². The minimum atomic E-state index is -2.86. The molecule has 0 bridgehead atoms. The molecule has 0 unspecified atom stereocenters. The fourth-order valence-electron chi connectivity index (χ4n) is 8.44. The standard InChI is InChI=1S/C40H54N2O4Si/c1-40(2,3)47(34-17-8-6-9-18-34,35-19-10-7-11-20-35)46-29-37(39(43)41-26-14-16-30-15-12-13-21-36(30)41)42(32-23-24-32)28-31-22-25-33(44-4)27-38(31)45-5/h6-11,17-20,22,25,27,30,32,36-37H,12-16,21,23-24,26,28-29H2,1-5H3/t30-,36+,37-/m1/s1. The van der Waals surface area contributed by atoms with Gasteiger partial charge in [-0.2, -0.15) is 0 Å². The molecular weight excluding hydrogens is 601 g/mol. The van der Waals surface area contributed by atoms with E-state index in [-0.39, 0.29) is 10.9 Å². The Balaban J connectivity index is 1.42. The van der Waals surface area contributed by atoms with Crippen molar-refractivity contribution in [3.63, 3.8) is 0 Å². The molecular formula is C40H54N2O4Si. The van der Waals surface area contributed by atoms with Gasteiger partial charge in [0.1, 0.15) is 17.5 Å². The number of likely N-dealkylation sites (tertiary alicyclic amines) is 1. The molecule has 0 N–H and O–H groups in total. The average molecular weight is 655 g/mol. The molecule has 6 rings (SSSR count). The van der Waals surface area contributed by atoms with Crippen LogP contribution in [0.15, 0.2) is 78.9 Å². The Hall–Kier alpha value is -3.13. The summed E-state index contributed by atoms with van der Waals surface area (Å²) < 4.78 is 18.9. The van der Waals surface area contributed by atoms with E-state index in [0.717, 1.165) is 49.3 Å². The van der Waals surface area contributed by atoms with Gasteiger partial charge in [-0.3, -0.25) is 9.69 Å². The highest BCUT2D eigenvalue weighted by Gasteiger charge is 2.52. The van der Waals surface area contributed by atoms with Crippen LogP contribution < -0.4 is 19.8 Å². The maximum atomic E-state index is 15.2. The number of carbonyl (C=O) groups excluding carboxylic acids is 1. The second-order valence-electron chi connectivity index (χ2n) is 14.9. The van der Waals surface area contributed by atoms with Gasteiger partial charge in [-0.25, -0.2) is 0 Å². The number of hydrogen-bond acceptors (Lipinski definition) is 5. The van der Waals surface area contributed by atoms with Gasteiger partial charge in [0, 0.05) is 36.8 Å². The third-order valence-electron chi connectivity index (χ3n) is 10.9. The lowest BCUT2D eigenvalue weighted by atomic mass is 9.78. The summed E-state index contributed by atoms with van der Waals surface area (Å²) in [6, 6.07) is 27.9. The van der Waals surface area contributed by atoms with E-state index in [9.17, 15) is 0 Å². The number of ether oxygens (including phenoxy) is 2. The summed E-state index contributed by atoms with van der Waals surface area (Å²) in [6.07, 6.45) is 9.37. The molecule has 0 radical (unpaired) electrons. The highest BCUT2D eigenvalue weighted by atomic mass is 28.4. The molecule has 3 aromatic rings. The molecule has 47 heavy (non-hydrogen) atoms. The van der Waals surface area contributed by atoms with E-state index in [2.05, 4.69) is 97.3 Å². The molecule has 2 aliphatic carbocycles. The van der Waals surface area contributed by atoms with E-state index < -0.39 is 14.4 Å². The van der Waals surface area contributed by atoms with Crippen molar-refractivity contribution in [1.82, 2.24) is 9.80 Å². The van der Waals surface area contributed by atoms with Crippen LogP contribution in [0.3, 0.4) is 0 Å². The van der Waals surface area contributed by atoms with Crippen LogP contribution in [0.2, 0.25) is 5.04 Å². The molecule has 1 heterocycles. The van der Waals surface area contributed by atoms with E-state index in [1.165, 1.54) is 36.1 Å². The predicted molar refractivity (Wildman–Crippen MR) is 192 cm³/mol. The Labute approximate surface area is 283 Å². The first-order chi connectivity index (χ1) is 22.8. The Morgan fingerprint density at radius 1 is 0.851 bits per heavy atom. The van der Waals surface area contributed by atoms with Crippen molar-refractivity contribution in [2.45, 2.75) is 102 Å². The van der Waals surface area contributed by atoms with Crippen LogP contribution in [-0.4, -0.2) is 69.5 Å². The normalized spacial score (nSPS) is 20.9. The monoisotopic (exact) mass is 654 g/mol. The topological polar surface area (TPSA) is 51.2 Å². The SMILES string of the molecule is COc1ccc(CN(C2CC2)[C@H](CO[Si](c2ccccc2)(c2ccccc2)C(C)(C)C)C(=O)N2CCC[C@H]3CCCC[C@@H]32)c(OC)c1. The molecule has 2 saturated carbocycles. The maximum absolute atomic E-state index is 15.2. The third kappa shape index (κ3) is 7.04. The Morgan fingerprint density at radius 2 is 1.49 bits per heavy atom. The summed E-state index contributed by atoms with van der Waals surface area (Å²) in [7, 11) is 0.530. The number of nitrogens with zero attached hydrogens (tertiary/aromatic N) is 2. The molecule has 1 saturated heterocycles. The highest BCUT2D eigenvalue weighted by Crippen LogP contribution is 2.40. The lowest BCUT2D eigenvalue weighted by Crippen LogP contribution is -2.68. The van der Waals surface area contributed by atoms with E-state index in [1.807, 2.05) is 12.1 Å². The molecule has 252 valence electrons. The fourth-order valence-corrected chi connectivity index (χ4v) is 13.0. The molecule has 7 heteroatoms. The van der Waals surface area contributed by atoms with Gasteiger partial charge in [0.05, 0.1) is 20.8 Å². The largest absolute Gasteiger partial charge is 0.497 e. The number of methoxy groups -OCH3 is 2. The molecule has 1 amide bonds. The fraction of sp³-hybridized carbons (Fsp3) is 0.525. The first-order valence-corrected chi connectivity index (χ1v) is 19.7. The lowest BCUT2D eigenvalue weighted by Gasteiger charge is -2.48. The second-order valence-corrected chi connectivity index (χ2v) is 19.2. The van der Waals surface area contributed by atoms with Crippen LogP contribution in [0.1, 0.15) is 77.7 Å². The van der Waals surface area contributed by atoms with Gasteiger partial charge in [-0.05, 0) is 65.9 Å². The number of carbonyl (C=O) groups is 1. The van der Waals surface area contributed by atoms with E-state index >= 15 is 4.79 Å². The maximum Gasteiger partial charge on any atom is 0.261 e. The smallest absolute Gasteiger partial charge is 0.261 e. The van der Waals surface area contributed by atoms with Crippen molar-refractivity contribution in [2.24, 2.45) is 5.92 Å². The zero-order valence-electron chi connectivity index (χ0n) is 29.1. The summed E-state index contributed by atoms with van der Waals surface area (Å²) >= 11 is 0. The van der Waals surface area contributed by atoms with Crippen molar-refractivity contribution in [1.29, 1.82) is 0 Å². The number of benzene rings is 3. The van der Waals surface area contributed by atoms with Crippen LogP contribution in [-0.2, 0) is 15.8 Å². The van der Waals surface area contributed by atoms with Gasteiger partial charge >= 0.3 is 0 Å². The average Bonchev–Trinajstić information content (AvgIpc) is 3.95. The van der Waals surface area contributed by atoms with Crippen molar-refractivity contribution < 1.29 is 18.7 Å². The molecule has 6 nitrogen and oxygen atoms in total. The van der Waals surface area contributed by atoms with Crippen LogP contribution in [0.5, 0.6) is 11.5 Å². The van der Waals surface area contributed by atoms with Crippen LogP contribution >= 0.6 is 0 Å². The third-order valence-corrected chi connectivity index (χ3v) is 16.0. The van der Waals surface area contributed by atoms with Crippen molar-refractivity contribution in [3.05, 3.63) is 84.4 Å². The molecule has 0 aromatic heterocycles. The van der Waals surface area contributed by atoms with Gasteiger partial charge in [0.25, 0.3) is 8.32 Å². The van der Waals surface area contributed by atoms with E-state index in [1.54, 1.807) is 14.2 Å². The predicted octanol–water partition coefficient (Wildman–Crippen LogP) is 6.79. The number of hydrogen-bond donors (Lipinski definition) is 0. The quantitative estimate of drug-likeness (QED) is 0.201. The zero-order chi connectivity index (χ0) is 33.0. The molecule has 3 aromatic carbocycles. The first-order valence-electron chi connectivity index (χ1n) is 17.8. The van der Waals surface area contributed by atoms with Gasteiger partial charge in [-0.15, -0.1) is 0 Å². The summed E-state index contributed by atoms with van der Waals surface area (Å²) in [4.78, 5) is 19.9. The van der Waals surface area contributed by atoms with Gasteiger partial charge < -0.3 is 18.8 Å². The second kappa shape index (κ2) is 14.5. The minimum Gasteiger partial charge on any atom is -0.497 e. The van der Waals surface area contributed by atoms with E-state index in [0.29, 0.717) is 31.2 Å². The lowest BCUT2D eigenvalue weighted by molar-refractivity contribution is -0.145. The molecule has 1 aliphatic heterocycles. The summed E-state index contributed by atoms with van der Waals surface area (Å²) in [6.45, 7) is 8.77. The molecule has 0 spiro atoms. The molecule has 3 atom stereocenters. The van der Waals surface area contributed by atoms with E-state index in [4.69, 9.17) is 13.9 Å². The van der Waals surface area contributed by atoms with Crippen molar-refractivity contribution >= 4 is 24.6 Å². The Bertz CT molecular complexity index is 1430. The van der Waals surface area contributed by atoms with Crippen LogP contribution in [0, 0.1) is 5.92 Å². The van der Waals surface area contributed by atoms with Gasteiger partial charge in [0.2, 0.25) is 5.91 Å². The first kappa shape index (κ1) is 33.8. The summed E-state index contributed by atoms with van der Waals surface area (Å²) in [5.74, 6) is 2.43. The highest BCUT2D eigenvalue weighted by molar-refractivity contribution is 6.99. The van der Waals surface area contributed by atoms with Gasteiger partial charge in [0.15, 0.2) is 0 Å². The molecule has 3 fully saturated rings. The number of rotatable bonds is 12. The van der Waals surface area contributed by atoms with Gasteiger partial charge in [-0.1, -0.05) is 100 Å². The van der Waals surface area contributed by atoms with Crippen molar-refractivity contribution in [3.8, 4) is 11.5 Å². The van der Waals surface area contributed by atoms with Crippen LogP contribution in [0.25, 0.3) is 0 Å². The Kier molecular flexibility index (Phi) is 10.4. The summed E-state index contributed by atoms with van der Waals surface area (Å²) in [5, 5.41) is 2.31. The number of piperidine rings is 1. The number of fused-ring (bicyclic) bond motifs is 1. The number of amides is 1.